The van der Waals surface area contributed by atoms with Gasteiger partial charge in [-0.3, -0.25) is 0 Å². The van der Waals surface area contributed by atoms with Gasteiger partial charge >= 0.3 is 0 Å². The van der Waals surface area contributed by atoms with Crippen molar-refractivity contribution in [1.82, 2.24) is 15.0 Å². The van der Waals surface area contributed by atoms with E-state index in [1.54, 1.807) is 0 Å². The summed E-state index contributed by atoms with van der Waals surface area (Å²) in [6.45, 7) is 0. The first-order chi connectivity index (χ1) is 28.8. The molecule has 268 valence electrons. The van der Waals surface area contributed by atoms with Crippen LogP contribution in [0.15, 0.2) is 200 Å². The van der Waals surface area contributed by atoms with Crippen molar-refractivity contribution in [3.05, 3.63) is 200 Å². The van der Waals surface area contributed by atoms with Gasteiger partial charge in [0.05, 0.1) is 33.6 Å². The second-order valence-electron chi connectivity index (χ2n) is 15.1. The number of pyridine rings is 3. The summed E-state index contributed by atoms with van der Waals surface area (Å²) in [4.78, 5) is 16.0. The molecule has 0 unspecified atom stereocenters. The Balaban J connectivity index is 1.08. The van der Waals surface area contributed by atoms with Crippen LogP contribution in [0.2, 0.25) is 0 Å². The minimum absolute atomic E-state index is 0.903. The van der Waals surface area contributed by atoms with Gasteiger partial charge in [-0.15, -0.1) is 0 Å². The molecular weight excluding hydrogens is 703 g/mol. The second-order valence-corrected chi connectivity index (χ2v) is 15.1. The van der Waals surface area contributed by atoms with E-state index in [-0.39, 0.29) is 0 Å². The number of hydrogen-bond donors (Lipinski definition) is 0. The third-order valence-electron chi connectivity index (χ3n) is 11.8. The maximum atomic E-state index is 5.47. The first-order valence-electron chi connectivity index (χ1n) is 19.8. The van der Waals surface area contributed by atoms with Crippen molar-refractivity contribution < 1.29 is 0 Å². The highest BCUT2D eigenvalue weighted by atomic mass is 14.8. The van der Waals surface area contributed by atoms with Crippen LogP contribution in [-0.4, -0.2) is 15.0 Å². The van der Waals surface area contributed by atoms with Crippen LogP contribution in [0.5, 0.6) is 0 Å². The molecule has 3 heterocycles. The first kappa shape index (κ1) is 32.5. The molecule has 12 rings (SSSR count). The van der Waals surface area contributed by atoms with E-state index < -0.39 is 0 Å². The number of hydrogen-bond acceptors (Lipinski definition) is 3. The molecule has 0 amide bonds. The Kier molecular flexibility index (Phi) is 7.23. The number of nitrogens with zero attached hydrogens (tertiary/aromatic N) is 3. The van der Waals surface area contributed by atoms with Gasteiger partial charge in [-0.1, -0.05) is 176 Å². The van der Waals surface area contributed by atoms with Gasteiger partial charge in [0.2, 0.25) is 0 Å². The molecule has 0 aliphatic carbocycles. The van der Waals surface area contributed by atoms with Crippen LogP contribution < -0.4 is 0 Å². The van der Waals surface area contributed by atoms with Gasteiger partial charge in [0.15, 0.2) is 0 Å². The molecule has 9 aromatic carbocycles. The Morgan fingerprint density at radius 1 is 0.276 bits per heavy atom. The summed E-state index contributed by atoms with van der Waals surface area (Å²) < 4.78 is 0. The molecule has 3 aromatic heterocycles. The predicted molar refractivity (Wildman–Crippen MR) is 244 cm³/mol. The van der Waals surface area contributed by atoms with E-state index in [0.29, 0.717) is 0 Å². The summed E-state index contributed by atoms with van der Waals surface area (Å²) >= 11 is 0. The van der Waals surface area contributed by atoms with E-state index in [0.717, 1.165) is 82.8 Å². The standard InChI is InChI=1S/C55H33N3/c1-2-14-35(15-3-1)47-31-28-36-25-26-37-29-32-49(58-55(37)54(36)56-47)52-43-21-8-6-19-41(43)50(42-20-7-9-22-44(42)52)38-16-12-17-39(33-38)53-46-30-27-34-13-4-5-18-40(34)51(46)45-23-10-11-24-48(45)57-53/h1-33H. The summed E-state index contributed by atoms with van der Waals surface area (Å²) in [7, 11) is 0. The number of para-hydroxylation sites is 1. The SMILES string of the molecule is c1ccc(-c2ccc3ccc4ccc(-c5c6ccccc6c(-c6cccc(-c7nc8ccccc8c8c7ccc7ccccc78)c6)c6ccccc56)nc4c3n2)cc1. The molecule has 0 saturated carbocycles. The molecule has 0 N–H and O–H groups in total. The summed E-state index contributed by atoms with van der Waals surface area (Å²) in [5, 5.41) is 12.9. The molecule has 58 heavy (non-hydrogen) atoms. The lowest BCUT2D eigenvalue weighted by Gasteiger charge is -2.18. The van der Waals surface area contributed by atoms with E-state index in [4.69, 9.17) is 15.0 Å². The third kappa shape index (κ3) is 5.04. The van der Waals surface area contributed by atoms with Crippen molar-refractivity contribution in [3.8, 4) is 44.9 Å². The lowest BCUT2D eigenvalue weighted by Crippen LogP contribution is -1.95. The van der Waals surface area contributed by atoms with Gasteiger partial charge in [0, 0.05) is 43.6 Å². The molecule has 0 spiro atoms. The van der Waals surface area contributed by atoms with Crippen LogP contribution in [0.25, 0.3) is 121 Å². The Bertz CT molecular complexity index is 3550. The third-order valence-corrected chi connectivity index (χ3v) is 11.8. The molecule has 0 radical (unpaired) electrons. The van der Waals surface area contributed by atoms with Gasteiger partial charge in [-0.25, -0.2) is 15.0 Å². The quantitative estimate of drug-likeness (QED) is 0.133. The fourth-order valence-electron chi connectivity index (χ4n) is 9.16. The molecule has 0 aliphatic rings. The van der Waals surface area contributed by atoms with Gasteiger partial charge in [0.1, 0.15) is 0 Å². The van der Waals surface area contributed by atoms with E-state index >= 15 is 0 Å². The van der Waals surface area contributed by atoms with Crippen molar-refractivity contribution >= 4 is 75.8 Å². The van der Waals surface area contributed by atoms with E-state index in [9.17, 15) is 0 Å². The van der Waals surface area contributed by atoms with Crippen LogP contribution in [0.3, 0.4) is 0 Å². The average molecular weight is 736 g/mol. The summed E-state index contributed by atoms with van der Waals surface area (Å²) in [5.74, 6) is 0. The summed E-state index contributed by atoms with van der Waals surface area (Å²) in [5.41, 5.74) is 11.3. The number of fused-ring (bicyclic) bond motifs is 10. The van der Waals surface area contributed by atoms with Crippen molar-refractivity contribution in [2.75, 3.05) is 0 Å². The predicted octanol–water partition coefficient (Wildman–Crippen LogP) is 14.6. The van der Waals surface area contributed by atoms with Crippen molar-refractivity contribution in [2.24, 2.45) is 0 Å². The average Bonchev–Trinajstić information content (AvgIpc) is 3.30. The summed E-state index contributed by atoms with van der Waals surface area (Å²) in [6.07, 6.45) is 0. The maximum absolute atomic E-state index is 5.47. The second kappa shape index (κ2) is 12.9. The van der Waals surface area contributed by atoms with Crippen LogP contribution >= 0.6 is 0 Å². The molecule has 0 fully saturated rings. The minimum atomic E-state index is 0.903. The van der Waals surface area contributed by atoms with Gasteiger partial charge < -0.3 is 0 Å². The van der Waals surface area contributed by atoms with E-state index in [2.05, 4.69) is 194 Å². The Morgan fingerprint density at radius 2 is 0.793 bits per heavy atom. The van der Waals surface area contributed by atoms with Crippen molar-refractivity contribution in [1.29, 1.82) is 0 Å². The van der Waals surface area contributed by atoms with Crippen LogP contribution in [0.4, 0.5) is 0 Å². The van der Waals surface area contributed by atoms with Gasteiger partial charge in [0.25, 0.3) is 0 Å². The highest BCUT2D eigenvalue weighted by Crippen LogP contribution is 2.45. The number of rotatable bonds is 4. The normalized spacial score (nSPS) is 11.8. The zero-order chi connectivity index (χ0) is 38.2. The van der Waals surface area contributed by atoms with Crippen LogP contribution in [0, 0.1) is 0 Å². The fraction of sp³-hybridized carbons (Fsp3) is 0. The van der Waals surface area contributed by atoms with Gasteiger partial charge in [-0.2, -0.15) is 0 Å². The largest absolute Gasteiger partial charge is 0.247 e. The van der Waals surface area contributed by atoms with Gasteiger partial charge in [-0.05, 0) is 67.7 Å². The van der Waals surface area contributed by atoms with Crippen LogP contribution in [0.1, 0.15) is 0 Å². The van der Waals surface area contributed by atoms with E-state index in [1.807, 2.05) is 6.07 Å². The zero-order valence-corrected chi connectivity index (χ0v) is 31.4. The molecule has 0 saturated heterocycles. The molecule has 0 bridgehead atoms. The summed E-state index contributed by atoms with van der Waals surface area (Å²) in [6, 6.07) is 71.5. The number of aromatic nitrogens is 3. The Hall–Kier alpha value is -7.75. The molecular formula is C55H33N3. The Labute approximate surface area is 334 Å². The Morgan fingerprint density at radius 3 is 1.52 bits per heavy atom. The lowest BCUT2D eigenvalue weighted by atomic mass is 9.86. The maximum Gasteiger partial charge on any atom is 0.0972 e. The highest BCUT2D eigenvalue weighted by molar-refractivity contribution is 6.24. The van der Waals surface area contributed by atoms with Crippen LogP contribution in [-0.2, 0) is 0 Å². The molecule has 3 nitrogen and oxygen atoms in total. The molecule has 0 atom stereocenters. The van der Waals surface area contributed by atoms with Crippen molar-refractivity contribution in [3.63, 3.8) is 0 Å². The highest BCUT2D eigenvalue weighted by Gasteiger charge is 2.20. The fourth-order valence-corrected chi connectivity index (χ4v) is 9.16. The number of benzene rings is 9. The molecule has 3 heteroatoms. The topological polar surface area (TPSA) is 38.7 Å². The monoisotopic (exact) mass is 735 g/mol. The zero-order valence-electron chi connectivity index (χ0n) is 31.4. The van der Waals surface area contributed by atoms with E-state index in [1.165, 1.54) is 37.9 Å². The minimum Gasteiger partial charge on any atom is -0.247 e. The lowest BCUT2D eigenvalue weighted by molar-refractivity contribution is 1.37. The molecule has 12 aromatic rings. The smallest absolute Gasteiger partial charge is 0.0972 e. The molecule has 0 aliphatic heterocycles. The van der Waals surface area contributed by atoms with Crippen molar-refractivity contribution in [2.45, 2.75) is 0 Å². The first-order valence-corrected chi connectivity index (χ1v) is 19.8.